The van der Waals surface area contributed by atoms with Crippen LogP contribution in [0.2, 0.25) is 5.02 Å². The number of hydrazone groups is 1. The van der Waals surface area contributed by atoms with E-state index in [0.29, 0.717) is 0 Å². The van der Waals surface area contributed by atoms with Crippen molar-refractivity contribution in [3.05, 3.63) is 87.2 Å². The van der Waals surface area contributed by atoms with Gasteiger partial charge in [0, 0.05) is 11.6 Å². The highest BCUT2D eigenvalue weighted by atomic mass is 35.5. The normalized spacial score (nSPS) is 11.3. The van der Waals surface area contributed by atoms with Crippen molar-refractivity contribution in [3.8, 4) is 5.75 Å². The molecule has 0 aliphatic heterocycles. The first-order chi connectivity index (χ1) is 15.2. The predicted molar refractivity (Wildman–Crippen MR) is 120 cm³/mol. The van der Waals surface area contributed by atoms with Crippen molar-refractivity contribution >= 4 is 44.9 Å². The second-order valence-electron chi connectivity index (χ2n) is 6.25. The molecule has 0 heterocycles. The van der Waals surface area contributed by atoms with Crippen LogP contribution in [-0.4, -0.2) is 26.7 Å². The van der Waals surface area contributed by atoms with Crippen LogP contribution >= 0.6 is 11.6 Å². The maximum atomic E-state index is 13.8. The van der Waals surface area contributed by atoms with E-state index in [9.17, 15) is 22.9 Å². The summed E-state index contributed by atoms with van der Waals surface area (Å²) in [4.78, 5) is 10.4. The summed E-state index contributed by atoms with van der Waals surface area (Å²) in [6, 6.07) is 13.6. The maximum absolute atomic E-state index is 13.8. The third-order valence-electron chi connectivity index (χ3n) is 4.21. The molecule has 166 valence electrons. The van der Waals surface area contributed by atoms with Gasteiger partial charge in [-0.2, -0.15) is 5.10 Å². The Hall–Kier alpha value is -3.70. The molecular weight excluding hydrogens is 463 g/mol. The molecule has 0 bridgehead atoms. The van der Waals surface area contributed by atoms with E-state index in [-0.39, 0.29) is 32.6 Å². The van der Waals surface area contributed by atoms with Crippen molar-refractivity contribution in [2.45, 2.75) is 4.90 Å². The maximum Gasteiger partial charge on any atom is 0.295 e. The third kappa shape index (κ3) is 5.13. The van der Waals surface area contributed by atoms with Crippen LogP contribution in [0.5, 0.6) is 5.75 Å². The Labute approximate surface area is 187 Å². The lowest BCUT2D eigenvalue weighted by atomic mass is 10.2. The summed E-state index contributed by atoms with van der Waals surface area (Å²) in [6.45, 7) is 0. The summed E-state index contributed by atoms with van der Waals surface area (Å²) in [5, 5.41) is 15.4. The molecule has 0 saturated carbocycles. The largest absolute Gasteiger partial charge is 0.495 e. The zero-order valence-electron chi connectivity index (χ0n) is 16.5. The SMILES string of the molecule is COc1ccccc1NS(=O)(=O)c1ccc(N/N=C\c2c(F)cccc2Cl)c([N+](=O)[O-])c1. The zero-order valence-corrected chi connectivity index (χ0v) is 18.0. The van der Waals surface area contributed by atoms with E-state index in [1.54, 1.807) is 18.2 Å². The lowest BCUT2D eigenvalue weighted by molar-refractivity contribution is -0.384. The molecule has 3 rings (SSSR count). The molecule has 0 spiro atoms. The van der Waals surface area contributed by atoms with Gasteiger partial charge in [0.25, 0.3) is 15.7 Å². The number of rotatable bonds is 8. The number of nitrogens with one attached hydrogen (secondary N) is 2. The molecule has 0 aliphatic rings. The highest BCUT2D eigenvalue weighted by molar-refractivity contribution is 7.92. The molecule has 9 nitrogen and oxygen atoms in total. The third-order valence-corrected chi connectivity index (χ3v) is 5.90. The molecule has 0 radical (unpaired) electrons. The summed E-state index contributed by atoms with van der Waals surface area (Å²) >= 11 is 5.90. The molecule has 0 unspecified atom stereocenters. The number of halogens is 2. The van der Waals surface area contributed by atoms with Crippen molar-refractivity contribution in [1.82, 2.24) is 0 Å². The summed E-state index contributed by atoms with van der Waals surface area (Å²) in [5.74, 6) is -0.341. The van der Waals surface area contributed by atoms with Gasteiger partial charge < -0.3 is 4.74 Å². The van der Waals surface area contributed by atoms with Crippen LogP contribution in [0.4, 0.5) is 21.5 Å². The summed E-state index contributed by atoms with van der Waals surface area (Å²) in [5.41, 5.74) is 1.92. The first-order valence-electron chi connectivity index (χ1n) is 8.90. The number of anilines is 2. The minimum absolute atomic E-state index is 0.00970. The smallest absolute Gasteiger partial charge is 0.295 e. The van der Waals surface area contributed by atoms with Crippen LogP contribution in [0.25, 0.3) is 0 Å². The van der Waals surface area contributed by atoms with Gasteiger partial charge in [-0.05, 0) is 36.4 Å². The zero-order chi connectivity index (χ0) is 23.3. The lowest BCUT2D eigenvalue weighted by Gasteiger charge is -2.12. The van der Waals surface area contributed by atoms with Crippen LogP contribution < -0.4 is 14.9 Å². The molecular formula is C20H16ClFN4O5S. The number of para-hydroxylation sites is 2. The van der Waals surface area contributed by atoms with Gasteiger partial charge in [-0.15, -0.1) is 0 Å². The Morgan fingerprint density at radius 2 is 1.88 bits per heavy atom. The van der Waals surface area contributed by atoms with Gasteiger partial charge in [0.2, 0.25) is 0 Å². The first kappa shape index (κ1) is 23.0. The van der Waals surface area contributed by atoms with Gasteiger partial charge in [-0.25, -0.2) is 12.8 Å². The fourth-order valence-corrected chi connectivity index (χ4v) is 3.96. The number of ether oxygens (including phenoxy) is 1. The van der Waals surface area contributed by atoms with Crippen molar-refractivity contribution in [2.75, 3.05) is 17.3 Å². The summed E-state index contributed by atoms with van der Waals surface area (Å²) in [6.07, 6.45) is 1.06. The summed E-state index contributed by atoms with van der Waals surface area (Å²) < 4.78 is 46.7. The van der Waals surface area contributed by atoms with E-state index < -0.39 is 26.5 Å². The van der Waals surface area contributed by atoms with E-state index >= 15 is 0 Å². The number of methoxy groups -OCH3 is 1. The van der Waals surface area contributed by atoms with E-state index in [4.69, 9.17) is 16.3 Å². The Morgan fingerprint density at radius 1 is 1.12 bits per heavy atom. The topological polar surface area (TPSA) is 123 Å². The predicted octanol–water partition coefficient (Wildman–Crippen LogP) is 4.64. The van der Waals surface area contributed by atoms with E-state index in [0.717, 1.165) is 12.3 Å². The minimum atomic E-state index is -4.16. The van der Waals surface area contributed by atoms with Gasteiger partial charge in [-0.3, -0.25) is 20.3 Å². The molecule has 0 amide bonds. The second kappa shape index (κ2) is 9.62. The van der Waals surface area contributed by atoms with Crippen LogP contribution in [0.15, 0.2) is 70.7 Å². The molecule has 0 aromatic heterocycles. The van der Waals surface area contributed by atoms with Crippen molar-refractivity contribution in [3.63, 3.8) is 0 Å². The van der Waals surface area contributed by atoms with E-state index in [1.807, 2.05) is 0 Å². The number of benzene rings is 3. The molecule has 12 heteroatoms. The fraction of sp³-hybridized carbons (Fsp3) is 0.0500. The lowest BCUT2D eigenvalue weighted by Crippen LogP contribution is -2.14. The number of hydrogen-bond acceptors (Lipinski definition) is 7. The van der Waals surface area contributed by atoms with Crippen molar-refractivity contribution in [1.29, 1.82) is 0 Å². The highest BCUT2D eigenvalue weighted by Gasteiger charge is 2.22. The Kier molecular flexibility index (Phi) is 6.91. The second-order valence-corrected chi connectivity index (χ2v) is 8.34. The number of nitrogens with zero attached hydrogens (tertiary/aromatic N) is 2. The minimum Gasteiger partial charge on any atom is -0.495 e. The van der Waals surface area contributed by atoms with Gasteiger partial charge >= 0.3 is 0 Å². The Morgan fingerprint density at radius 3 is 2.56 bits per heavy atom. The molecule has 3 aromatic carbocycles. The fourth-order valence-electron chi connectivity index (χ4n) is 2.66. The van der Waals surface area contributed by atoms with Gasteiger partial charge in [0.15, 0.2) is 0 Å². The highest BCUT2D eigenvalue weighted by Crippen LogP contribution is 2.30. The number of nitro benzene ring substituents is 1. The average Bonchev–Trinajstić information content (AvgIpc) is 2.75. The average molecular weight is 479 g/mol. The van der Waals surface area contributed by atoms with Crippen molar-refractivity contribution < 1.29 is 22.5 Å². The van der Waals surface area contributed by atoms with Crippen LogP contribution in [0.1, 0.15) is 5.56 Å². The molecule has 0 fully saturated rings. The van der Waals surface area contributed by atoms with Gasteiger partial charge in [0.05, 0.1) is 33.9 Å². The molecule has 0 aliphatic carbocycles. The molecule has 0 saturated heterocycles. The summed E-state index contributed by atoms with van der Waals surface area (Å²) in [7, 11) is -2.78. The molecule has 2 N–H and O–H groups in total. The Bertz CT molecular complexity index is 1280. The monoisotopic (exact) mass is 478 g/mol. The van der Waals surface area contributed by atoms with E-state index in [1.165, 1.54) is 43.5 Å². The molecule has 0 atom stereocenters. The van der Waals surface area contributed by atoms with Crippen LogP contribution in [-0.2, 0) is 10.0 Å². The van der Waals surface area contributed by atoms with Crippen LogP contribution in [0, 0.1) is 15.9 Å². The number of sulfonamides is 1. The Balaban J connectivity index is 1.89. The first-order valence-corrected chi connectivity index (χ1v) is 10.8. The quantitative estimate of drug-likeness (QED) is 0.276. The van der Waals surface area contributed by atoms with E-state index in [2.05, 4.69) is 15.2 Å². The number of hydrogen-bond donors (Lipinski definition) is 2. The number of nitro groups is 1. The standard InChI is InChI=1S/C20H16ClFN4O5S/c1-31-20-8-3-2-7-18(20)25-32(29,30)13-9-10-17(19(11-13)26(27)28)24-23-12-14-15(21)5-4-6-16(14)22/h2-12,24-25H,1H3/b23-12-. The van der Waals surface area contributed by atoms with Crippen LogP contribution in [0.3, 0.4) is 0 Å². The van der Waals surface area contributed by atoms with Crippen molar-refractivity contribution in [2.24, 2.45) is 5.10 Å². The molecule has 3 aromatic rings. The van der Waals surface area contributed by atoms with Gasteiger partial charge in [-0.1, -0.05) is 29.8 Å². The molecule has 32 heavy (non-hydrogen) atoms. The van der Waals surface area contributed by atoms with Gasteiger partial charge in [0.1, 0.15) is 17.3 Å².